The summed E-state index contributed by atoms with van der Waals surface area (Å²) in [5.41, 5.74) is 3.06. The Labute approximate surface area is 218 Å². The first-order valence-electron chi connectivity index (χ1n) is 13.0. The normalized spacial score (nSPS) is 20.1. The van der Waals surface area contributed by atoms with Gasteiger partial charge in [-0.25, -0.2) is 4.99 Å². The predicted octanol–water partition coefficient (Wildman–Crippen LogP) is 6.85. The molecule has 5 nitrogen and oxygen atoms in total. The second kappa shape index (κ2) is 15.3. The van der Waals surface area contributed by atoms with Gasteiger partial charge in [-0.05, 0) is 66.7 Å². The highest BCUT2D eigenvalue weighted by Gasteiger charge is 2.33. The number of nitrogens with zero attached hydrogens (tertiary/aromatic N) is 3. The van der Waals surface area contributed by atoms with E-state index in [9.17, 15) is 18.0 Å². The first-order valence-corrected chi connectivity index (χ1v) is 13.0. The predicted molar refractivity (Wildman–Crippen MR) is 147 cm³/mol. The fraction of sp³-hybridized carbons (Fsp3) is 0.517. The van der Waals surface area contributed by atoms with Crippen LogP contribution in [0.3, 0.4) is 0 Å². The van der Waals surface area contributed by atoms with Gasteiger partial charge in [-0.3, -0.25) is 9.98 Å². The van der Waals surface area contributed by atoms with Crippen molar-refractivity contribution >= 4 is 23.5 Å². The highest BCUT2D eigenvalue weighted by Crippen LogP contribution is 2.25. The molecule has 0 saturated heterocycles. The lowest BCUT2D eigenvalue weighted by molar-refractivity contribution is -0.108. The van der Waals surface area contributed by atoms with Crippen molar-refractivity contribution in [3.63, 3.8) is 0 Å². The molecule has 0 radical (unpaired) electrons. The fourth-order valence-corrected chi connectivity index (χ4v) is 3.97. The van der Waals surface area contributed by atoms with E-state index in [1.807, 2.05) is 0 Å². The molecular weight excluding hydrogens is 477 g/mol. The van der Waals surface area contributed by atoms with Crippen molar-refractivity contribution in [3.05, 3.63) is 59.7 Å². The van der Waals surface area contributed by atoms with Crippen LogP contribution in [0.1, 0.15) is 76.3 Å². The number of carbonyl (C=O) groups excluding carboxylic acids is 1. The van der Waals surface area contributed by atoms with E-state index in [-0.39, 0.29) is 13.2 Å². The molecule has 0 saturated carbocycles. The molecule has 202 valence electrons. The van der Waals surface area contributed by atoms with Gasteiger partial charge in [0.25, 0.3) is 0 Å². The van der Waals surface area contributed by atoms with Crippen molar-refractivity contribution in [3.8, 4) is 0 Å². The molecule has 8 heteroatoms. The van der Waals surface area contributed by atoms with Crippen LogP contribution >= 0.6 is 0 Å². The number of carbonyl (C=O) groups is 1. The number of aldehydes is 1. The van der Waals surface area contributed by atoms with Crippen molar-refractivity contribution in [2.24, 2.45) is 20.9 Å². The summed E-state index contributed by atoms with van der Waals surface area (Å²) < 4.78 is 39.0. The van der Waals surface area contributed by atoms with Gasteiger partial charge in [0.15, 0.2) is 0 Å². The Balaban J connectivity index is 2.05. The van der Waals surface area contributed by atoms with E-state index in [1.54, 1.807) is 0 Å². The van der Waals surface area contributed by atoms with Gasteiger partial charge in [0, 0.05) is 25.2 Å². The third-order valence-corrected chi connectivity index (χ3v) is 6.35. The summed E-state index contributed by atoms with van der Waals surface area (Å²) in [7, 11) is 0. The number of alkyl halides is 3. The lowest BCUT2D eigenvalue weighted by atomic mass is 9.90. The van der Waals surface area contributed by atoms with E-state index in [4.69, 9.17) is 4.99 Å². The molecular formula is C29H39F3N4O. The molecule has 0 aliphatic carbocycles. The maximum absolute atomic E-state index is 13.0. The minimum Gasteiger partial charge on any atom is -0.367 e. The van der Waals surface area contributed by atoms with Crippen LogP contribution in [0, 0.1) is 5.92 Å². The Morgan fingerprint density at radius 1 is 1.16 bits per heavy atom. The summed E-state index contributed by atoms with van der Waals surface area (Å²) in [6, 6.07) is 8.50. The van der Waals surface area contributed by atoms with E-state index >= 15 is 0 Å². The molecule has 1 aromatic rings. The maximum atomic E-state index is 13.0. The quantitative estimate of drug-likeness (QED) is 0.230. The summed E-state index contributed by atoms with van der Waals surface area (Å²) in [6.07, 6.45) is 3.65. The fourth-order valence-electron chi connectivity index (χ4n) is 3.97. The van der Waals surface area contributed by atoms with Crippen molar-refractivity contribution in [2.45, 2.75) is 71.4 Å². The lowest BCUT2D eigenvalue weighted by Crippen LogP contribution is -2.25. The molecule has 0 spiro atoms. The van der Waals surface area contributed by atoms with Crippen LogP contribution in [0.15, 0.2) is 63.5 Å². The summed E-state index contributed by atoms with van der Waals surface area (Å²) in [5.74, 6) is 1.27. The van der Waals surface area contributed by atoms with Gasteiger partial charge in [-0.2, -0.15) is 13.2 Å². The summed E-state index contributed by atoms with van der Waals surface area (Å²) >= 11 is 0. The largest absolute Gasteiger partial charge is 0.432 e. The standard InChI is InChI=1S/C29H39F3N4O/c1-5-17-33-26(25-13-11-24(12-14-25)22(3)9-8-21(2)16-19-37)15-10-23(4)28-34-18-6-7-27(29(30,31)32)35-20-36-28/h6-7,11-14,19,21-22H,4-5,8-10,15-18,20H2,1-3H3,(H,34,36)/b7-6-,33-26?,35-27+. The zero-order valence-corrected chi connectivity index (χ0v) is 22.2. The second-order valence-electron chi connectivity index (χ2n) is 9.51. The van der Waals surface area contributed by atoms with Gasteiger partial charge in [0.1, 0.15) is 24.5 Å². The average Bonchev–Trinajstić information content (AvgIpc) is 3.00. The van der Waals surface area contributed by atoms with Crippen LogP contribution in [0.5, 0.6) is 0 Å². The highest BCUT2D eigenvalue weighted by molar-refractivity contribution is 6.03. The average molecular weight is 517 g/mol. The summed E-state index contributed by atoms with van der Waals surface area (Å²) in [6.45, 7) is 11.1. The molecule has 1 aliphatic heterocycles. The van der Waals surface area contributed by atoms with Crippen molar-refractivity contribution in [1.82, 2.24) is 5.32 Å². The van der Waals surface area contributed by atoms with Crippen LogP contribution in [0.4, 0.5) is 13.2 Å². The molecule has 1 aliphatic rings. The molecule has 1 heterocycles. The zero-order valence-electron chi connectivity index (χ0n) is 22.2. The van der Waals surface area contributed by atoms with Gasteiger partial charge in [-0.1, -0.05) is 57.7 Å². The summed E-state index contributed by atoms with van der Waals surface area (Å²) in [5, 5.41) is 3.05. The zero-order chi connectivity index (χ0) is 27.3. The third kappa shape index (κ3) is 10.5. The van der Waals surface area contributed by atoms with Crippen LogP contribution < -0.4 is 5.32 Å². The number of allylic oxidation sites excluding steroid dienone is 1. The van der Waals surface area contributed by atoms with E-state index in [0.29, 0.717) is 49.1 Å². The number of hydrogen-bond acceptors (Lipinski definition) is 5. The van der Waals surface area contributed by atoms with Gasteiger partial charge < -0.3 is 10.1 Å². The number of aliphatic imine (C=N–C) groups is 3. The smallest absolute Gasteiger partial charge is 0.367 e. The van der Waals surface area contributed by atoms with Gasteiger partial charge in [0.05, 0.1) is 0 Å². The van der Waals surface area contributed by atoms with Crippen LogP contribution in [0.25, 0.3) is 0 Å². The number of halogens is 3. The van der Waals surface area contributed by atoms with Crippen LogP contribution in [-0.4, -0.2) is 49.5 Å². The molecule has 0 amide bonds. The van der Waals surface area contributed by atoms with E-state index < -0.39 is 11.9 Å². The van der Waals surface area contributed by atoms with Crippen molar-refractivity contribution in [2.75, 3.05) is 19.8 Å². The molecule has 0 bridgehead atoms. The molecule has 37 heavy (non-hydrogen) atoms. The number of nitrogens with one attached hydrogen (secondary N) is 1. The van der Waals surface area contributed by atoms with E-state index in [1.165, 1.54) is 11.6 Å². The topological polar surface area (TPSA) is 66.2 Å². The Bertz CT molecular complexity index is 1010. The minimum absolute atomic E-state index is 0.206. The van der Waals surface area contributed by atoms with Gasteiger partial charge in [-0.15, -0.1) is 0 Å². The first-order chi connectivity index (χ1) is 17.7. The first kappa shape index (κ1) is 30.2. The molecule has 2 unspecified atom stereocenters. The molecule has 0 fully saturated rings. The monoisotopic (exact) mass is 516 g/mol. The summed E-state index contributed by atoms with van der Waals surface area (Å²) in [4.78, 5) is 23.3. The molecule has 0 aromatic heterocycles. The van der Waals surface area contributed by atoms with Crippen molar-refractivity contribution in [1.29, 1.82) is 0 Å². The number of amidine groups is 1. The molecule has 1 N–H and O–H groups in total. The minimum atomic E-state index is -4.50. The Kier molecular flexibility index (Phi) is 12.5. The van der Waals surface area contributed by atoms with Crippen LogP contribution in [0.2, 0.25) is 0 Å². The van der Waals surface area contributed by atoms with Crippen LogP contribution in [-0.2, 0) is 4.79 Å². The number of benzene rings is 1. The molecule has 1 aromatic carbocycles. The molecule has 2 atom stereocenters. The highest BCUT2D eigenvalue weighted by atomic mass is 19.4. The Hall–Kier alpha value is -3.03. The third-order valence-electron chi connectivity index (χ3n) is 6.35. The van der Waals surface area contributed by atoms with E-state index in [2.05, 4.69) is 66.9 Å². The number of rotatable bonds is 13. The van der Waals surface area contributed by atoms with Gasteiger partial charge in [0.2, 0.25) is 0 Å². The Morgan fingerprint density at radius 3 is 2.54 bits per heavy atom. The Morgan fingerprint density at radius 2 is 1.89 bits per heavy atom. The maximum Gasteiger partial charge on any atom is 0.432 e. The SMILES string of the molecule is C=C(CCC(=NCCC)c1ccc(C(C)CCC(C)CC=O)cc1)/C1=N/C/N=C(C(F)(F)F)\C=C/CN1. The second-order valence-corrected chi connectivity index (χ2v) is 9.51. The lowest BCUT2D eigenvalue weighted by Gasteiger charge is -2.16. The van der Waals surface area contributed by atoms with Crippen molar-refractivity contribution < 1.29 is 18.0 Å². The van der Waals surface area contributed by atoms with Gasteiger partial charge >= 0.3 is 6.18 Å². The van der Waals surface area contributed by atoms with E-state index in [0.717, 1.165) is 42.9 Å². The molecule has 2 rings (SSSR count). The number of hydrogen-bond donors (Lipinski definition) is 1.